The maximum Gasteiger partial charge on any atom is 0.306 e. The number of hydrogen-bond donors (Lipinski definition) is 2. The summed E-state index contributed by atoms with van der Waals surface area (Å²) in [5.41, 5.74) is 1.59. The molecule has 3 aliphatic rings. The van der Waals surface area contributed by atoms with E-state index in [1.807, 2.05) is 64.3 Å². The molecule has 1 saturated heterocycles. The Hall–Kier alpha value is -4.65. The summed E-state index contributed by atoms with van der Waals surface area (Å²) in [6.07, 6.45) is 4.02. The predicted molar refractivity (Wildman–Crippen MR) is 239 cm³/mol. The Morgan fingerprint density at radius 1 is 1.08 bits per heavy atom. The van der Waals surface area contributed by atoms with Crippen molar-refractivity contribution in [2.75, 3.05) is 19.0 Å². The van der Waals surface area contributed by atoms with Gasteiger partial charge in [0.1, 0.15) is 35.2 Å². The minimum absolute atomic E-state index is 0.0260. The van der Waals surface area contributed by atoms with Crippen LogP contribution in [-0.2, 0) is 29.8 Å². The fraction of sp³-hybridized carbons (Fsp3) is 0.511. The number of amides is 1. The molecule has 1 aliphatic heterocycles. The number of pyridine rings is 1. The second-order valence-electron chi connectivity index (χ2n) is 18.5. The number of carbonyl (C=O) groups excluding carboxylic acids is 3. The van der Waals surface area contributed by atoms with Crippen LogP contribution in [0.2, 0.25) is 0 Å². The zero-order chi connectivity index (χ0) is 44.6. The summed E-state index contributed by atoms with van der Waals surface area (Å²) in [4.78, 5) is 66.2. The standard InChI is InChI=1S/C47H58FN4O8PS/c1-8-30-23-47(30,61(56,57)26-29-13-15-31(48)16-14-29)24-41(53)40-20-34(25-52(40)44(55)36(46(4,5)6)21-43(54)60-32-11-9-10-12-32)59-42-22-38(39-27-62-45(51-39)49-28(2)3)50-37-19-33(58-7)17-18-35(37)42/h8,13-19,22,27-28,30,32,34,36,40H,1,9-12,20-21,23-26H2,2-7H3,(H,49,51)(H,56,57)/t30-,34-,36-,40+,47-/m1/s1. The normalized spacial score (nSPS) is 22.9. The van der Waals surface area contributed by atoms with Gasteiger partial charge in [-0.1, -0.05) is 39.0 Å². The van der Waals surface area contributed by atoms with E-state index >= 15 is 0 Å². The monoisotopic (exact) mass is 888 g/mol. The summed E-state index contributed by atoms with van der Waals surface area (Å²) < 4.78 is 46.3. The van der Waals surface area contributed by atoms with Gasteiger partial charge in [-0.05, 0) is 87.1 Å². The smallest absolute Gasteiger partial charge is 0.306 e. The molecule has 3 fully saturated rings. The Morgan fingerprint density at radius 3 is 2.45 bits per heavy atom. The number of hydrogen-bond acceptors (Lipinski definition) is 11. The number of likely N-dealkylation sites (tertiary alicyclic amines) is 1. The van der Waals surface area contributed by atoms with Crippen LogP contribution < -0.4 is 14.8 Å². The van der Waals surface area contributed by atoms with E-state index in [-0.39, 0.29) is 62.2 Å². The van der Waals surface area contributed by atoms with Crippen LogP contribution in [0.4, 0.5) is 9.52 Å². The molecule has 2 aromatic carbocycles. The Kier molecular flexibility index (Phi) is 13.3. The first kappa shape index (κ1) is 45.4. The average Bonchev–Trinajstić information content (AvgIpc) is 3.61. The number of fused-ring (bicyclic) bond motifs is 1. The molecule has 0 spiro atoms. The number of thiazole rings is 1. The number of allylic oxidation sites excluding steroid dienone is 1. The van der Waals surface area contributed by atoms with Gasteiger partial charge in [-0.3, -0.25) is 18.9 Å². The van der Waals surface area contributed by atoms with Crippen molar-refractivity contribution in [3.05, 3.63) is 77.9 Å². The van der Waals surface area contributed by atoms with E-state index in [1.54, 1.807) is 13.2 Å². The Bertz CT molecular complexity index is 2360. The summed E-state index contributed by atoms with van der Waals surface area (Å²) in [5, 5.41) is 5.38. The Balaban J connectivity index is 1.22. The number of benzene rings is 2. The van der Waals surface area contributed by atoms with Crippen molar-refractivity contribution in [3.63, 3.8) is 0 Å². The number of ketones is 1. The molecule has 2 N–H and O–H groups in total. The Morgan fingerprint density at radius 2 is 1.81 bits per heavy atom. The quantitative estimate of drug-likeness (QED) is 0.0591. The number of carbonyl (C=O) groups is 3. The predicted octanol–water partition coefficient (Wildman–Crippen LogP) is 9.59. The minimum atomic E-state index is -4.09. The zero-order valence-electron chi connectivity index (χ0n) is 36.4. The lowest BCUT2D eigenvalue weighted by molar-refractivity contribution is -0.156. The Labute approximate surface area is 367 Å². The minimum Gasteiger partial charge on any atom is -0.497 e. The number of ether oxygens (including phenoxy) is 3. The van der Waals surface area contributed by atoms with Crippen LogP contribution in [0.5, 0.6) is 11.5 Å². The maximum absolute atomic E-state index is 15.0. The fourth-order valence-corrected chi connectivity index (χ4v) is 12.4. The molecule has 1 unspecified atom stereocenters. The highest BCUT2D eigenvalue weighted by atomic mass is 32.1. The van der Waals surface area contributed by atoms with Crippen molar-refractivity contribution < 1.29 is 42.4 Å². The van der Waals surface area contributed by atoms with Crippen molar-refractivity contribution >= 4 is 52.4 Å². The lowest BCUT2D eigenvalue weighted by Gasteiger charge is -2.35. The van der Waals surface area contributed by atoms with E-state index in [2.05, 4.69) is 11.9 Å². The van der Waals surface area contributed by atoms with Gasteiger partial charge in [0.2, 0.25) is 13.3 Å². The van der Waals surface area contributed by atoms with Gasteiger partial charge in [0.15, 0.2) is 10.9 Å². The maximum atomic E-state index is 15.0. The van der Waals surface area contributed by atoms with Gasteiger partial charge < -0.3 is 29.3 Å². The summed E-state index contributed by atoms with van der Waals surface area (Å²) in [5.74, 6) is -1.83. The van der Waals surface area contributed by atoms with Gasteiger partial charge in [-0.2, -0.15) is 0 Å². The number of aromatic nitrogens is 2. The lowest BCUT2D eigenvalue weighted by Crippen LogP contribution is -2.48. The van der Waals surface area contributed by atoms with Gasteiger partial charge in [0.05, 0.1) is 54.6 Å². The van der Waals surface area contributed by atoms with Gasteiger partial charge in [-0.25, -0.2) is 14.4 Å². The highest BCUT2D eigenvalue weighted by molar-refractivity contribution is 7.59. The number of rotatable bonds is 17. The molecule has 3 heterocycles. The van der Waals surface area contributed by atoms with E-state index in [9.17, 15) is 28.2 Å². The molecule has 0 radical (unpaired) electrons. The molecule has 6 atom stereocenters. The highest BCUT2D eigenvalue weighted by Gasteiger charge is 2.65. The highest BCUT2D eigenvalue weighted by Crippen LogP contribution is 2.74. The van der Waals surface area contributed by atoms with E-state index in [1.165, 1.54) is 40.5 Å². The van der Waals surface area contributed by atoms with Gasteiger partial charge in [-0.15, -0.1) is 17.9 Å². The molecule has 1 amide bonds. The number of nitrogens with zero attached hydrogens (tertiary/aromatic N) is 3. The third-order valence-corrected chi connectivity index (χ3v) is 16.2. The number of nitrogens with one attached hydrogen (secondary N) is 1. The first-order chi connectivity index (χ1) is 29.4. The SMILES string of the molecule is C=C[C@@H]1C[C@]1(CC(=O)[C@@H]1C[C@@H](Oc2cc(-c3csc(NC(C)C)n3)nc3cc(OC)ccc23)CN1C(=O)[C@@H](CC(=O)OC1CCCC1)C(C)(C)C)P(=O)(O)Cc1ccc(F)cc1. The van der Waals surface area contributed by atoms with Crippen LogP contribution in [0, 0.1) is 23.1 Å². The largest absolute Gasteiger partial charge is 0.497 e. The van der Waals surface area contributed by atoms with Crippen molar-refractivity contribution in [3.8, 4) is 22.9 Å². The molecule has 4 aromatic rings. The molecule has 332 valence electrons. The van der Waals surface area contributed by atoms with E-state index < -0.39 is 53.7 Å². The van der Waals surface area contributed by atoms with Crippen LogP contribution in [0.3, 0.4) is 0 Å². The summed E-state index contributed by atoms with van der Waals surface area (Å²) in [7, 11) is -2.52. The van der Waals surface area contributed by atoms with E-state index in [4.69, 9.17) is 24.2 Å². The molecule has 2 aromatic heterocycles. The van der Waals surface area contributed by atoms with Crippen molar-refractivity contribution in [2.24, 2.45) is 17.3 Å². The van der Waals surface area contributed by atoms with Gasteiger partial charge >= 0.3 is 5.97 Å². The van der Waals surface area contributed by atoms with Crippen LogP contribution >= 0.6 is 18.7 Å². The molecular weight excluding hydrogens is 831 g/mol. The second-order valence-corrected chi connectivity index (χ2v) is 22.0. The number of anilines is 1. The first-order valence-electron chi connectivity index (χ1n) is 21.5. The topological polar surface area (TPSA) is 157 Å². The number of halogens is 1. The molecule has 7 rings (SSSR count). The molecule has 2 aliphatic carbocycles. The summed E-state index contributed by atoms with van der Waals surface area (Å²) in [6.45, 7) is 13.7. The fourth-order valence-electron chi connectivity index (χ4n) is 8.99. The van der Waals surface area contributed by atoms with Gasteiger partial charge in [0, 0.05) is 41.8 Å². The first-order valence-corrected chi connectivity index (χ1v) is 24.2. The van der Waals surface area contributed by atoms with Crippen molar-refractivity contribution in [2.45, 2.75) is 122 Å². The van der Waals surface area contributed by atoms with E-state index in [0.717, 1.165) is 30.8 Å². The second kappa shape index (κ2) is 18.2. The van der Waals surface area contributed by atoms with Crippen molar-refractivity contribution in [1.82, 2.24) is 14.9 Å². The van der Waals surface area contributed by atoms with Crippen LogP contribution in [0.15, 0.2) is 66.6 Å². The third-order valence-electron chi connectivity index (χ3n) is 12.6. The molecule has 2 saturated carbocycles. The molecule has 15 heteroatoms. The van der Waals surface area contributed by atoms with Crippen LogP contribution in [0.25, 0.3) is 22.3 Å². The summed E-state index contributed by atoms with van der Waals surface area (Å²) >= 11 is 1.46. The van der Waals surface area contributed by atoms with Crippen LogP contribution in [-0.4, -0.2) is 80.5 Å². The molecular formula is C47H58FN4O8PS. The zero-order valence-corrected chi connectivity index (χ0v) is 38.1. The number of esters is 1. The average molecular weight is 889 g/mol. The van der Waals surface area contributed by atoms with Crippen LogP contribution in [0.1, 0.15) is 91.5 Å². The molecule has 62 heavy (non-hydrogen) atoms. The van der Waals surface area contributed by atoms with Gasteiger partial charge in [0.25, 0.3) is 0 Å². The van der Waals surface area contributed by atoms with E-state index in [0.29, 0.717) is 39.4 Å². The number of methoxy groups -OCH3 is 1. The summed E-state index contributed by atoms with van der Waals surface area (Å²) in [6, 6.07) is 11.9. The number of Topliss-reactive ketones (excluding diaryl/α,β-unsaturated/α-hetero) is 1. The third kappa shape index (κ3) is 9.92. The van der Waals surface area contributed by atoms with Crippen molar-refractivity contribution in [1.29, 1.82) is 0 Å². The molecule has 12 nitrogen and oxygen atoms in total. The molecule has 0 bridgehead atoms. The lowest BCUT2D eigenvalue weighted by atomic mass is 9.77.